The smallest absolute Gasteiger partial charge is 0.240 e. The molecule has 0 heterocycles. The maximum atomic E-state index is 12.0. The summed E-state index contributed by atoms with van der Waals surface area (Å²) in [6.45, 7) is 6.46. The van der Waals surface area contributed by atoms with Crippen molar-refractivity contribution in [2.45, 2.75) is 37.6 Å². The van der Waals surface area contributed by atoms with Crippen LogP contribution in [0.5, 0.6) is 0 Å². The van der Waals surface area contributed by atoms with Crippen molar-refractivity contribution in [3.8, 4) is 0 Å². The molecule has 4 nitrogen and oxygen atoms in total. The molecule has 1 aromatic rings. The number of rotatable bonds is 6. The van der Waals surface area contributed by atoms with E-state index in [1.807, 2.05) is 19.1 Å². The molecule has 102 valence electrons. The first kappa shape index (κ1) is 15.1. The molecule has 0 radical (unpaired) electrons. The molecule has 18 heavy (non-hydrogen) atoms. The van der Waals surface area contributed by atoms with E-state index in [0.29, 0.717) is 17.4 Å². The molecular formula is C13H22N2O2S. The first-order chi connectivity index (χ1) is 8.36. The van der Waals surface area contributed by atoms with Crippen LogP contribution < -0.4 is 10.0 Å². The van der Waals surface area contributed by atoms with Gasteiger partial charge >= 0.3 is 0 Å². The van der Waals surface area contributed by atoms with Gasteiger partial charge in [0.15, 0.2) is 0 Å². The summed E-state index contributed by atoms with van der Waals surface area (Å²) in [5.74, 6) is 0.402. The lowest BCUT2D eigenvalue weighted by molar-refractivity contribution is 0.554. The lowest BCUT2D eigenvalue weighted by atomic mass is 10.0. The van der Waals surface area contributed by atoms with Gasteiger partial charge in [0.25, 0.3) is 0 Å². The van der Waals surface area contributed by atoms with Gasteiger partial charge in [-0.25, -0.2) is 13.1 Å². The minimum Gasteiger partial charge on any atom is -0.316 e. The molecule has 0 aromatic heterocycles. The van der Waals surface area contributed by atoms with Gasteiger partial charge in [-0.05, 0) is 37.6 Å². The maximum absolute atomic E-state index is 12.0. The lowest BCUT2D eigenvalue weighted by Gasteiger charge is -2.12. The molecule has 0 fully saturated rings. The van der Waals surface area contributed by atoms with Crippen molar-refractivity contribution >= 4 is 10.0 Å². The molecule has 1 aromatic carbocycles. The van der Waals surface area contributed by atoms with Crippen molar-refractivity contribution in [1.82, 2.24) is 10.0 Å². The number of hydrogen-bond acceptors (Lipinski definition) is 3. The fourth-order valence-corrected chi connectivity index (χ4v) is 2.58. The Bertz CT molecular complexity index is 466. The molecule has 0 amide bonds. The van der Waals surface area contributed by atoms with Crippen LogP contribution in [0, 0.1) is 0 Å². The highest BCUT2D eigenvalue weighted by Crippen LogP contribution is 2.17. The normalized spacial score (nSPS) is 13.8. The summed E-state index contributed by atoms with van der Waals surface area (Å²) in [5.41, 5.74) is 1.14. The van der Waals surface area contributed by atoms with Crippen LogP contribution in [0.15, 0.2) is 29.2 Å². The van der Waals surface area contributed by atoms with Crippen molar-refractivity contribution in [1.29, 1.82) is 0 Å². The molecule has 0 saturated heterocycles. The summed E-state index contributed by atoms with van der Waals surface area (Å²) in [7, 11) is -1.60. The predicted octanol–water partition coefficient (Wildman–Crippen LogP) is 1.70. The minimum atomic E-state index is -3.40. The zero-order chi connectivity index (χ0) is 13.8. The third kappa shape index (κ3) is 4.08. The van der Waals surface area contributed by atoms with E-state index in [9.17, 15) is 8.42 Å². The Labute approximate surface area is 110 Å². The maximum Gasteiger partial charge on any atom is 0.240 e. The molecule has 0 saturated carbocycles. The highest BCUT2D eigenvalue weighted by atomic mass is 32.2. The number of likely N-dealkylation sites (N-methyl/N-ethyl adjacent to an activating group) is 1. The largest absolute Gasteiger partial charge is 0.316 e. The van der Waals surface area contributed by atoms with E-state index in [2.05, 4.69) is 23.9 Å². The van der Waals surface area contributed by atoms with Crippen LogP contribution in [-0.4, -0.2) is 28.1 Å². The van der Waals surface area contributed by atoms with E-state index >= 15 is 0 Å². The van der Waals surface area contributed by atoms with Crippen molar-refractivity contribution in [2.24, 2.45) is 0 Å². The molecule has 2 N–H and O–H groups in total. The van der Waals surface area contributed by atoms with Crippen LogP contribution in [0.3, 0.4) is 0 Å². The van der Waals surface area contributed by atoms with Crippen molar-refractivity contribution < 1.29 is 8.42 Å². The quantitative estimate of drug-likeness (QED) is 0.827. The van der Waals surface area contributed by atoms with Gasteiger partial charge in [-0.3, -0.25) is 0 Å². The molecule has 1 rings (SSSR count). The van der Waals surface area contributed by atoms with E-state index in [0.717, 1.165) is 5.56 Å². The second kappa shape index (κ2) is 6.31. The van der Waals surface area contributed by atoms with Gasteiger partial charge in [0.2, 0.25) is 10.0 Å². The van der Waals surface area contributed by atoms with Gasteiger partial charge < -0.3 is 5.32 Å². The SMILES string of the molecule is CNC(C)CNS(=O)(=O)c1ccc(C(C)C)cc1. The number of nitrogens with one attached hydrogen (secondary N) is 2. The van der Waals surface area contributed by atoms with E-state index in [4.69, 9.17) is 0 Å². The minimum absolute atomic E-state index is 0.106. The zero-order valence-corrected chi connectivity index (χ0v) is 12.2. The van der Waals surface area contributed by atoms with Crippen LogP contribution in [-0.2, 0) is 10.0 Å². The summed E-state index contributed by atoms with van der Waals surface area (Å²) >= 11 is 0. The topological polar surface area (TPSA) is 58.2 Å². The Morgan fingerprint density at radius 2 is 1.67 bits per heavy atom. The van der Waals surface area contributed by atoms with Gasteiger partial charge in [-0.2, -0.15) is 0 Å². The molecule has 0 aliphatic carbocycles. The van der Waals surface area contributed by atoms with Crippen LogP contribution >= 0.6 is 0 Å². The summed E-state index contributed by atoms with van der Waals surface area (Å²) in [6.07, 6.45) is 0. The lowest BCUT2D eigenvalue weighted by Crippen LogP contribution is -2.37. The summed E-state index contributed by atoms with van der Waals surface area (Å²) in [5, 5.41) is 2.99. The van der Waals surface area contributed by atoms with Crippen molar-refractivity contribution in [3.63, 3.8) is 0 Å². The summed E-state index contributed by atoms with van der Waals surface area (Å²) in [4.78, 5) is 0.315. The Hall–Kier alpha value is -0.910. The van der Waals surface area contributed by atoms with Crippen LogP contribution in [0.2, 0.25) is 0 Å². The monoisotopic (exact) mass is 270 g/mol. The summed E-state index contributed by atoms with van der Waals surface area (Å²) in [6, 6.07) is 7.14. The Kier molecular flexibility index (Phi) is 5.31. The first-order valence-corrected chi connectivity index (χ1v) is 7.62. The number of sulfonamides is 1. The van der Waals surface area contributed by atoms with E-state index in [-0.39, 0.29) is 6.04 Å². The third-order valence-electron chi connectivity index (χ3n) is 2.93. The van der Waals surface area contributed by atoms with Gasteiger partial charge in [0, 0.05) is 12.6 Å². The molecule has 1 unspecified atom stereocenters. The van der Waals surface area contributed by atoms with Crippen LogP contribution in [0.25, 0.3) is 0 Å². The standard InChI is InChI=1S/C13H22N2O2S/c1-10(2)12-5-7-13(8-6-12)18(16,17)15-9-11(3)14-4/h5-8,10-11,14-15H,9H2,1-4H3. The Morgan fingerprint density at radius 3 is 2.11 bits per heavy atom. The highest BCUT2D eigenvalue weighted by molar-refractivity contribution is 7.89. The van der Waals surface area contributed by atoms with Crippen LogP contribution in [0.4, 0.5) is 0 Å². The third-order valence-corrected chi connectivity index (χ3v) is 4.37. The molecular weight excluding hydrogens is 248 g/mol. The van der Waals surface area contributed by atoms with Gasteiger partial charge in [0.05, 0.1) is 4.90 Å². The molecule has 5 heteroatoms. The van der Waals surface area contributed by atoms with Gasteiger partial charge in [-0.15, -0.1) is 0 Å². The predicted molar refractivity (Wildman–Crippen MR) is 74.2 cm³/mol. The fourth-order valence-electron chi connectivity index (χ4n) is 1.45. The molecule has 0 aliphatic heterocycles. The second-order valence-electron chi connectivity index (χ2n) is 4.77. The summed E-state index contributed by atoms with van der Waals surface area (Å²) < 4.78 is 26.6. The highest BCUT2D eigenvalue weighted by Gasteiger charge is 2.14. The van der Waals surface area contributed by atoms with Gasteiger partial charge in [-0.1, -0.05) is 26.0 Å². The number of benzene rings is 1. The fraction of sp³-hybridized carbons (Fsp3) is 0.538. The Morgan fingerprint density at radius 1 is 1.11 bits per heavy atom. The molecule has 1 atom stereocenters. The molecule has 0 aliphatic rings. The molecule has 0 bridgehead atoms. The molecule has 0 spiro atoms. The van der Waals surface area contributed by atoms with Crippen molar-refractivity contribution in [2.75, 3.05) is 13.6 Å². The van der Waals surface area contributed by atoms with Crippen molar-refractivity contribution in [3.05, 3.63) is 29.8 Å². The van der Waals surface area contributed by atoms with Crippen LogP contribution in [0.1, 0.15) is 32.3 Å². The van der Waals surface area contributed by atoms with Gasteiger partial charge in [0.1, 0.15) is 0 Å². The van der Waals surface area contributed by atoms with E-state index < -0.39 is 10.0 Å². The van der Waals surface area contributed by atoms with E-state index in [1.165, 1.54) is 0 Å². The average molecular weight is 270 g/mol. The number of hydrogen-bond donors (Lipinski definition) is 2. The Balaban J connectivity index is 2.79. The second-order valence-corrected chi connectivity index (χ2v) is 6.53. The zero-order valence-electron chi connectivity index (χ0n) is 11.4. The first-order valence-electron chi connectivity index (χ1n) is 6.13. The van der Waals surface area contributed by atoms with E-state index in [1.54, 1.807) is 19.2 Å². The average Bonchev–Trinajstić information content (AvgIpc) is 2.36.